The smallest absolute Gasteiger partial charge is 0.315 e. The van der Waals surface area contributed by atoms with Crippen molar-refractivity contribution in [1.29, 1.82) is 0 Å². The van der Waals surface area contributed by atoms with Gasteiger partial charge in [0.2, 0.25) is 5.89 Å². The van der Waals surface area contributed by atoms with Gasteiger partial charge in [-0.15, -0.1) is 5.10 Å². The molecule has 18 heavy (non-hydrogen) atoms. The third-order valence-electron chi connectivity index (χ3n) is 2.72. The zero-order chi connectivity index (χ0) is 13.5. The molecule has 0 radical (unpaired) electrons. The third kappa shape index (κ3) is 4.73. The Kier molecular flexibility index (Phi) is 6.28. The van der Waals surface area contributed by atoms with Crippen LogP contribution in [0.4, 0.5) is 6.01 Å². The summed E-state index contributed by atoms with van der Waals surface area (Å²) >= 11 is 0. The molecule has 0 spiro atoms. The van der Waals surface area contributed by atoms with Crippen molar-refractivity contribution in [2.24, 2.45) is 0 Å². The molecule has 6 nitrogen and oxygen atoms in total. The maximum Gasteiger partial charge on any atom is 0.315 e. The monoisotopic (exact) mass is 274 g/mol. The maximum absolute atomic E-state index is 11.2. The number of nitrogens with zero attached hydrogens (tertiary/aromatic N) is 2. The molecule has 1 rings (SSSR count). The van der Waals surface area contributed by atoms with Crippen LogP contribution in [0.15, 0.2) is 4.42 Å². The van der Waals surface area contributed by atoms with Gasteiger partial charge in [0.1, 0.15) is 0 Å². The van der Waals surface area contributed by atoms with Crippen LogP contribution in [0.1, 0.15) is 39.1 Å². The number of anilines is 1. The predicted molar refractivity (Wildman–Crippen MR) is 73.0 cm³/mol. The second-order valence-electron chi connectivity index (χ2n) is 4.25. The van der Waals surface area contributed by atoms with Gasteiger partial charge >= 0.3 is 6.01 Å². The van der Waals surface area contributed by atoms with Crippen LogP contribution in [0.3, 0.4) is 0 Å². The molecule has 3 atom stereocenters. The van der Waals surface area contributed by atoms with Crippen molar-refractivity contribution < 1.29 is 8.63 Å². The van der Waals surface area contributed by atoms with Crippen molar-refractivity contribution in [3.05, 3.63) is 5.89 Å². The van der Waals surface area contributed by atoms with Gasteiger partial charge in [0.05, 0.1) is 6.04 Å². The summed E-state index contributed by atoms with van der Waals surface area (Å²) in [6.45, 7) is 7.50. The van der Waals surface area contributed by atoms with Gasteiger partial charge in [0.25, 0.3) is 0 Å². The van der Waals surface area contributed by atoms with E-state index in [0.29, 0.717) is 18.5 Å². The number of hydrogen-bond donors (Lipinski definition) is 2. The molecule has 3 unspecified atom stereocenters. The Morgan fingerprint density at radius 1 is 1.39 bits per heavy atom. The lowest BCUT2D eigenvalue weighted by Crippen LogP contribution is -2.17. The van der Waals surface area contributed by atoms with Gasteiger partial charge in [-0.1, -0.05) is 18.9 Å². The Hall–Kier alpha value is -0.950. The van der Waals surface area contributed by atoms with Crippen LogP contribution < -0.4 is 10.6 Å². The summed E-state index contributed by atoms with van der Waals surface area (Å²) in [4.78, 5) is 0. The van der Waals surface area contributed by atoms with Gasteiger partial charge in [-0.05, 0) is 19.9 Å². The number of aromatic nitrogens is 2. The molecular weight excluding hydrogens is 252 g/mol. The van der Waals surface area contributed by atoms with E-state index in [0.717, 1.165) is 13.0 Å². The quantitative estimate of drug-likeness (QED) is 0.744. The first-order valence-corrected chi connectivity index (χ1v) is 7.79. The van der Waals surface area contributed by atoms with Crippen molar-refractivity contribution in [1.82, 2.24) is 15.5 Å². The molecule has 0 bridgehead atoms. The van der Waals surface area contributed by atoms with E-state index in [2.05, 4.69) is 20.8 Å². The molecule has 1 heterocycles. The van der Waals surface area contributed by atoms with E-state index in [4.69, 9.17) is 4.42 Å². The summed E-state index contributed by atoms with van der Waals surface area (Å²) in [5.41, 5.74) is 0. The molecule has 0 aliphatic heterocycles. The molecule has 0 fully saturated rings. The summed E-state index contributed by atoms with van der Waals surface area (Å²) < 4.78 is 16.6. The van der Waals surface area contributed by atoms with Crippen molar-refractivity contribution in [2.75, 3.05) is 24.7 Å². The highest BCUT2D eigenvalue weighted by Gasteiger charge is 2.12. The second-order valence-corrected chi connectivity index (χ2v) is 6.05. The van der Waals surface area contributed by atoms with Crippen molar-refractivity contribution in [3.8, 4) is 0 Å². The Morgan fingerprint density at radius 3 is 2.72 bits per heavy atom. The van der Waals surface area contributed by atoms with Crippen molar-refractivity contribution in [3.63, 3.8) is 0 Å². The zero-order valence-corrected chi connectivity index (χ0v) is 12.2. The average Bonchev–Trinajstić information content (AvgIpc) is 2.78. The lowest BCUT2D eigenvalue weighted by Gasteiger charge is -2.08. The summed E-state index contributed by atoms with van der Waals surface area (Å²) in [5.74, 6) is 0.575. The second kappa shape index (κ2) is 7.48. The molecule has 104 valence electrons. The topological polar surface area (TPSA) is 80.0 Å². The molecule has 1 aromatic heterocycles. The highest BCUT2D eigenvalue weighted by molar-refractivity contribution is 7.84. The van der Waals surface area contributed by atoms with Gasteiger partial charge in [-0.3, -0.25) is 4.21 Å². The summed E-state index contributed by atoms with van der Waals surface area (Å²) in [5, 5.41) is 14.3. The molecule has 0 saturated carbocycles. The van der Waals surface area contributed by atoms with Gasteiger partial charge in [0, 0.05) is 28.9 Å². The summed E-state index contributed by atoms with van der Waals surface area (Å²) in [6.07, 6.45) is 2.52. The molecule has 0 aliphatic rings. The van der Waals surface area contributed by atoms with Crippen LogP contribution in [0.5, 0.6) is 0 Å². The van der Waals surface area contributed by atoms with E-state index in [1.807, 2.05) is 20.8 Å². The standard InChI is InChI=1S/C11H22N4O2S/c1-5-12-9(3)10-14-15-11(17-10)13-7-6-8(2)18(4)16/h8-9,12H,5-7H2,1-4H3,(H,13,15). The number of rotatable bonds is 8. The minimum Gasteiger partial charge on any atom is -0.406 e. The van der Waals surface area contributed by atoms with E-state index in [1.165, 1.54) is 0 Å². The SMILES string of the molecule is CCNC(C)c1nnc(NCCC(C)S(C)=O)o1. The maximum atomic E-state index is 11.2. The van der Waals surface area contributed by atoms with Crippen LogP contribution in [-0.2, 0) is 10.8 Å². The zero-order valence-electron chi connectivity index (χ0n) is 11.4. The minimum atomic E-state index is -0.790. The number of hydrogen-bond acceptors (Lipinski definition) is 6. The first kappa shape index (κ1) is 15.1. The Morgan fingerprint density at radius 2 is 2.11 bits per heavy atom. The van der Waals surface area contributed by atoms with Crippen molar-refractivity contribution >= 4 is 16.8 Å². The fourth-order valence-corrected chi connectivity index (χ4v) is 1.87. The van der Waals surface area contributed by atoms with Gasteiger partial charge in [-0.2, -0.15) is 0 Å². The molecule has 0 saturated heterocycles. The molecule has 0 aliphatic carbocycles. The Bertz CT molecular complexity index is 383. The number of nitrogens with one attached hydrogen (secondary N) is 2. The van der Waals surface area contributed by atoms with Crippen LogP contribution >= 0.6 is 0 Å². The molecule has 0 aromatic carbocycles. The van der Waals surface area contributed by atoms with E-state index in [1.54, 1.807) is 6.26 Å². The first-order valence-electron chi connectivity index (χ1n) is 6.17. The lowest BCUT2D eigenvalue weighted by atomic mass is 10.3. The molecule has 1 aromatic rings. The normalized spacial score (nSPS) is 16.2. The van der Waals surface area contributed by atoms with E-state index in [9.17, 15) is 4.21 Å². The Balaban J connectivity index is 2.37. The lowest BCUT2D eigenvalue weighted by molar-refractivity contribution is 0.428. The van der Waals surface area contributed by atoms with Crippen LogP contribution in [0.2, 0.25) is 0 Å². The largest absolute Gasteiger partial charge is 0.406 e. The van der Waals surface area contributed by atoms with Crippen molar-refractivity contribution in [2.45, 2.75) is 38.5 Å². The fraction of sp³-hybridized carbons (Fsp3) is 0.818. The van der Waals surface area contributed by atoms with E-state index < -0.39 is 10.8 Å². The molecule has 0 amide bonds. The summed E-state index contributed by atoms with van der Waals surface area (Å²) in [7, 11) is -0.790. The first-order chi connectivity index (χ1) is 8.54. The predicted octanol–water partition coefficient (Wildman–Crippen LogP) is 1.31. The molecule has 7 heteroatoms. The van der Waals surface area contributed by atoms with E-state index >= 15 is 0 Å². The van der Waals surface area contributed by atoms with E-state index in [-0.39, 0.29) is 11.3 Å². The van der Waals surface area contributed by atoms with Crippen LogP contribution in [0, 0.1) is 0 Å². The highest BCUT2D eigenvalue weighted by Crippen LogP contribution is 2.13. The Labute approximate surface area is 110 Å². The van der Waals surface area contributed by atoms with Crippen LogP contribution in [-0.4, -0.2) is 39.0 Å². The van der Waals surface area contributed by atoms with Crippen LogP contribution in [0.25, 0.3) is 0 Å². The molecular formula is C11H22N4O2S. The minimum absolute atomic E-state index is 0.0557. The van der Waals surface area contributed by atoms with Gasteiger partial charge < -0.3 is 15.1 Å². The summed E-state index contributed by atoms with van der Waals surface area (Å²) in [6, 6.07) is 0.476. The third-order valence-corrected chi connectivity index (χ3v) is 4.08. The highest BCUT2D eigenvalue weighted by atomic mass is 32.2. The van der Waals surface area contributed by atoms with Gasteiger partial charge in [0.15, 0.2) is 0 Å². The fourth-order valence-electron chi connectivity index (χ4n) is 1.42. The van der Waals surface area contributed by atoms with Gasteiger partial charge in [-0.25, -0.2) is 0 Å². The average molecular weight is 274 g/mol. The molecule has 2 N–H and O–H groups in total.